The highest BCUT2D eigenvalue weighted by Gasteiger charge is 2.49. The van der Waals surface area contributed by atoms with Gasteiger partial charge in [-0.25, -0.2) is 0 Å². The Morgan fingerprint density at radius 1 is 0.725 bits per heavy atom. The van der Waals surface area contributed by atoms with Gasteiger partial charge < -0.3 is 22.8 Å². The van der Waals surface area contributed by atoms with Crippen LogP contribution in [0.5, 0.6) is 0 Å². The van der Waals surface area contributed by atoms with Crippen molar-refractivity contribution in [3.05, 3.63) is 12.2 Å². The summed E-state index contributed by atoms with van der Waals surface area (Å²) in [7, 11) is -5.78. The van der Waals surface area contributed by atoms with Crippen molar-refractivity contribution in [2.24, 2.45) is 0 Å². The van der Waals surface area contributed by atoms with Gasteiger partial charge in [0.25, 0.3) is 0 Å². The van der Waals surface area contributed by atoms with Crippen LogP contribution in [0.25, 0.3) is 0 Å². The summed E-state index contributed by atoms with van der Waals surface area (Å²) in [5.74, 6) is -0.642. The zero-order valence-electron chi connectivity index (χ0n) is 29.8. The lowest BCUT2D eigenvalue weighted by atomic mass is 10.0. The van der Waals surface area contributed by atoms with Gasteiger partial charge in [0.05, 0.1) is 18.8 Å². The van der Waals surface area contributed by atoms with Crippen LogP contribution in [0.4, 0.5) is 0 Å². The van der Waals surface area contributed by atoms with Crippen molar-refractivity contribution in [3.63, 3.8) is 0 Å². The van der Waals surface area contributed by atoms with Gasteiger partial charge >= 0.3 is 0 Å². The summed E-state index contributed by atoms with van der Waals surface area (Å²) in [5, 5.41) is 0.457. The zero-order chi connectivity index (χ0) is 31.6. The Bertz CT molecular complexity index is 816. The second kappa shape index (κ2) is 13.5. The smallest absolute Gasteiger partial charge is 0.192 e. The second-order valence-corrected chi connectivity index (χ2v) is 31.4. The van der Waals surface area contributed by atoms with Crippen molar-refractivity contribution < 1.29 is 22.8 Å². The van der Waals surface area contributed by atoms with E-state index in [-0.39, 0.29) is 39.5 Å². The van der Waals surface area contributed by atoms with Crippen molar-refractivity contribution in [3.8, 4) is 0 Å². The molecule has 238 valence electrons. The molecular weight excluding hydrogens is 549 g/mol. The lowest BCUT2D eigenvalue weighted by molar-refractivity contribution is -0.156. The van der Waals surface area contributed by atoms with Gasteiger partial charge in [-0.3, -0.25) is 0 Å². The molecule has 0 amide bonds. The maximum Gasteiger partial charge on any atom is 0.192 e. The molecule has 1 saturated heterocycles. The van der Waals surface area contributed by atoms with E-state index in [4.69, 9.17) is 22.8 Å². The Hall–Kier alpha value is 0.191. The number of hydrogen-bond donors (Lipinski definition) is 0. The molecule has 0 aromatic rings. The standard InChI is InChI=1S/C32H68O5Si3/c1-25(36-39(15,16)30(5,6)7)22-20-19-21-23-26-28(35-32(11,12)34-26)27(37-40(17,18)31(8,9)10)24-33-38(13,14)29(2,3)4/h19-20,25-28H,21-24H2,1-18H3/b20-19+/t25-,26+,27-,28+/m1/s1. The fourth-order valence-corrected chi connectivity index (χ4v) is 7.84. The highest BCUT2D eigenvalue weighted by atomic mass is 28.4. The molecule has 0 aliphatic carbocycles. The van der Waals surface area contributed by atoms with Crippen molar-refractivity contribution in [1.29, 1.82) is 0 Å². The molecule has 1 aliphatic rings. The Morgan fingerprint density at radius 3 is 1.68 bits per heavy atom. The molecule has 0 spiro atoms. The van der Waals surface area contributed by atoms with Crippen molar-refractivity contribution >= 4 is 25.0 Å². The lowest BCUT2D eigenvalue weighted by Crippen LogP contribution is -2.53. The highest BCUT2D eigenvalue weighted by Crippen LogP contribution is 2.42. The number of rotatable bonds is 13. The Balaban J connectivity index is 3.01. The molecule has 0 bridgehead atoms. The van der Waals surface area contributed by atoms with Crippen LogP contribution in [0.3, 0.4) is 0 Å². The molecule has 0 radical (unpaired) electrons. The molecule has 5 nitrogen and oxygen atoms in total. The van der Waals surface area contributed by atoms with Crippen LogP contribution < -0.4 is 0 Å². The van der Waals surface area contributed by atoms with Gasteiger partial charge in [0.2, 0.25) is 0 Å². The molecule has 8 heteroatoms. The van der Waals surface area contributed by atoms with E-state index in [1.165, 1.54) is 0 Å². The highest BCUT2D eigenvalue weighted by molar-refractivity contribution is 6.75. The molecule has 0 unspecified atom stereocenters. The first-order valence-corrected chi connectivity index (χ1v) is 24.3. The quantitative estimate of drug-likeness (QED) is 0.152. The normalized spacial score (nSPS) is 23.1. The molecule has 0 aromatic carbocycles. The van der Waals surface area contributed by atoms with E-state index in [0.29, 0.717) is 6.61 Å². The molecule has 0 saturated carbocycles. The van der Waals surface area contributed by atoms with Crippen LogP contribution >= 0.6 is 0 Å². The Kier molecular flexibility index (Phi) is 12.9. The van der Waals surface area contributed by atoms with Crippen LogP contribution in [0.15, 0.2) is 12.2 Å². The minimum absolute atomic E-state index is 0.0432. The first kappa shape index (κ1) is 38.2. The summed E-state index contributed by atoms with van der Waals surface area (Å²) in [6.45, 7) is 41.3. The maximum atomic E-state index is 7.05. The van der Waals surface area contributed by atoms with Gasteiger partial charge in [-0.2, -0.15) is 0 Å². The van der Waals surface area contributed by atoms with E-state index < -0.39 is 30.7 Å². The molecule has 1 aliphatic heterocycles. The fraction of sp³-hybridized carbons (Fsp3) is 0.938. The molecule has 1 rings (SSSR count). The van der Waals surface area contributed by atoms with E-state index in [2.05, 4.69) is 121 Å². The first-order valence-electron chi connectivity index (χ1n) is 15.6. The third kappa shape index (κ3) is 11.0. The third-order valence-corrected chi connectivity index (χ3v) is 23.4. The third-order valence-electron chi connectivity index (χ3n) is 9.81. The Labute approximate surface area is 252 Å². The summed E-state index contributed by atoms with van der Waals surface area (Å²) in [4.78, 5) is 0. The van der Waals surface area contributed by atoms with Crippen LogP contribution in [-0.4, -0.2) is 61.8 Å². The number of allylic oxidation sites excluding steroid dienone is 1. The van der Waals surface area contributed by atoms with E-state index in [0.717, 1.165) is 19.3 Å². The van der Waals surface area contributed by atoms with Crippen LogP contribution in [-0.2, 0) is 22.8 Å². The fourth-order valence-electron chi connectivity index (χ4n) is 4.05. The van der Waals surface area contributed by atoms with E-state index in [1.807, 2.05) is 13.8 Å². The SMILES string of the molecule is C[C@H](C/C=C/CC[C@@H]1OC(C)(C)O[C@@H]1[C@@H](CO[Si](C)(C)C(C)(C)C)O[Si](C)(C)C(C)(C)C)O[Si](C)(C)C(C)(C)C. The van der Waals surface area contributed by atoms with Crippen molar-refractivity contribution in [2.45, 2.75) is 187 Å². The summed E-state index contributed by atoms with van der Waals surface area (Å²) >= 11 is 0. The minimum Gasteiger partial charge on any atom is -0.414 e. The van der Waals surface area contributed by atoms with Gasteiger partial charge in [0.1, 0.15) is 6.10 Å². The predicted molar refractivity (Wildman–Crippen MR) is 180 cm³/mol. The van der Waals surface area contributed by atoms with Crippen LogP contribution in [0, 0.1) is 0 Å². The predicted octanol–water partition coefficient (Wildman–Crippen LogP) is 10.1. The summed E-state index contributed by atoms with van der Waals surface area (Å²) in [6.07, 6.45) is 7.17. The van der Waals surface area contributed by atoms with E-state index in [9.17, 15) is 0 Å². The molecular formula is C32H68O5Si3. The summed E-state index contributed by atoms with van der Waals surface area (Å²) < 4.78 is 33.4. The largest absolute Gasteiger partial charge is 0.414 e. The lowest BCUT2D eigenvalue weighted by Gasteiger charge is -2.43. The van der Waals surface area contributed by atoms with Gasteiger partial charge in [-0.05, 0) is 94.4 Å². The Morgan fingerprint density at radius 2 is 1.20 bits per heavy atom. The molecule has 1 heterocycles. The average Bonchev–Trinajstić information content (AvgIpc) is 3.02. The topological polar surface area (TPSA) is 46.2 Å². The molecule has 4 atom stereocenters. The van der Waals surface area contributed by atoms with E-state index in [1.54, 1.807) is 0 Å². The van der Waals surface area contributed by atoms with Crippen LogP contribution in [0.2, 0.25) is 54.4 Å². The number of ether oxygens (including phenoxy) is 2. The maximum absolute atomic E-state index is 7.05. The second-order valence-electron chi connectivity index (χ2n) is 17.1. The molecule has 1 fully saturated rings. The number of hydrogen-bond acceptors (Lipinski definition) is 5. The van der Waals surface area contributed by atoms with Crippen molar-refractivity contribution in [1.82, 2.24) is 0 Å². The first-order chi connectivity index (χ1) is 17.6. The average molecular weight is 617 g/mol. The van der Waals surface area contributed by atoms with Crippen molar-refractivity contribution in [2.75, 3.05) is 6.61 Å². The van der Waals surface area contributed by atoms with Gasteiger partial charge in [-0.15, -0.1) is 0 Å². The summed E-state index contributed by atoms with van der Waals surface area (Å²) in [5.41, 5.74) is 0. The zero-order valence-corrected chi connectivity index (χ0v) is 32.8. The minimum atomic E-state index is -2.07. The van der Waals surface area contributed by atoms with E-state index >= 15 is 0 Å². The monoisotopic (exact) mass is 616 g/mol. The summed E-state index contributed by atoms with van der Waals surface area (Å²) in [6, 6.07) is 0. The van der Waals surface area contributed by atoms with Gasteiger partial charge in [-0.1, -0.05) is 74.5 Å². The molecule has 0 N–H and O–H groups in total. The molecule has 40 heavy (non-hydrogen) atoms. The van der Waals surface area contributed by atoms with Gasteiger partial charge in [0.15, 0.2) is 30.7 Å². The van der Waals surface area contributed by atoms with Crippen LogP contribution in [0.1, 0.15) is 102 Å². The van der Waals surface area contributed by atoms with Gasteiger partial charge in [0, 0.05) is 6.10 Å². The molecule has 0 aromatic heterocycles.